The molecule has 0 saturated heterocycles. The molecule has 0 atom stereocenters. The van der Waals surface area contributed by atoms with Gasteiger partial charge in [-0.05, 0) is 12.5 Å². The summed E-state index contributed by atoms with van der Waals surface area (Å²) in [5, 5.41) is 3.41. The zero-order valence-corrected chi connectivity index (χ0v) is 9.15. The zero-order valence-electron chi connectivity index (χ0n) is 9.15. The monoisotopic (exact) mass is 216 g/mol. The van der Waals surface area contributed by atoms with Gasteiger partial charge in [-0.15, -0.1) is 0 Å². The average molecular weight is 216 g/mol. The van der Waals surface area contributed by atoms with Crippen LogP contribution >= 0.6 is 0 Å². The predicted octanol–water partition coefficient (Wildman–Crippen LogP) is -0.941. The lowest BCUT2D eigenvalue weighted by molar-refractivity contribution is -0.126. The maximum Gasteiger partial charge on any atom is 0.243 e. The van der Waals surface area contributed by atoms with Gasteiger partial charge in [0.05, 0.1) is 0 Å². The number of hydrogen-bond acceptors (Lipinski definition) is 4. The van der Waals surface area contributed by atoms with E-state index in [1.165, 1.54) is 0 Å². The van der Waals surface area contributed by atoms with Crippen LogP contribution in [0.2, 0.25) is 0 Å². The second-order valence-corrected chi connectivity index (χ2v) is 3.75. The first kappa shape index (κ1) is 10.4. The fourth-order valence-electron chi connectivity index (χ4n) is 1.78. The minimum absolute atomic E-state index is 0.327. The molecule has 1 aromatic carbocycles. The van der Waals surface area contributed by atoms with Crippen LogP contribution in [0.5, 0.6) is 0 Å². The lowest BCUT2D eigenvalue weighted by atomic mass is 10.1. The van der Waals surface area contributed by atoms with E-state index in [0.29, 0.717) is 12.0 Å². The van der Waals surface area contributed by atoms with E-state index < -0.39 is 5.78 Å². The fraction of sp³-hybridized carbons (Fsp3) is 0.167. The Morgan fingerprint density at radius 2 is 2.19 bits per heavy atom. The van der Waals surface area contributed by atoms with Crippen molar-refractivity contribution < 1.29 is 9.59 Å². The number of carbonyl (C=O) groups is 2. The van der Waals surface area contributed by atoms with Gasteiger partial charge in [0.15, 0.2) is 6.29 Å². The standard InChI is InChI=1S/C12H12N2O2/c1-8-4-3-5-9-10(8)6-14(2)13-12(9)11(16)7-15/h3-7,13H,1-2H3. The third-order valence-corrected chi connectivity index (χ3v) is 2.56. The molecular formula is C12H12N2O2. The highest BCUT2D eigenvalue weighted by Crippen LogP contribution is 1.96. The highest BCUT2D eigenvalue weighted by molar-refractivity contribution is 6.43. The molecule has 0 saturated carbocycles. The Morgan fingerprint density at radius 1 is 1.44 bits per heavy atom. The van der Waals surface area contributed by atoms with E-state index >= 15 is 0 Å². The summed E-state index contributed by atoms with van der Waals surface area (Å²) < 4.78 is 0. The van der Waals surface area contributed by atoms with Crippen LogP contribution in [0, 0.1) is 6.92 Å². The van der Waals surface area contributed by atoms with Gasteiger partial charge in [0.1, 0.15) is 5.70 Å². The van der Waals surface area contributed by atoms with E-state index in [1.54, 1.807) is 12.1 Å². The summed E-state index contributed by atoms with van der Waals surface area (Å²) in [6.45, 7) is 1.97. The number of hydrogen-bond donors (Lipinski definition) is 1. The smallest absolute Gasteiger partial charge is 0.243 e. The van der Waals surface area contributed by atoms with Gasteiger partial charge in [-0.25, -0.2) is 0 Å². The number of ketones is 1. The predicted molar refractivity (Wildman–Crippen MR) is 60.3 cm³/mol. The largest absolute Gasteiger partial charge is 0.297 e. The molecule has 1 aliphatic heterocycles. The van der Waals surface area contributed by atoms with Crippen LogP contribution in [0.1, 0.15) is 5.56 Å². The van der Waals surface area contributed by atoms with Gasteiger partial charge < -0.3 is 0 Å². The molecule has 1 heterocycles. The quantitative estimate of drug-likeness (QED) is 0.512. The number of nitrogens with one attached hydrogen (secondary N) is 1. The van der Waals surface area contributed by atoms with Gasteiger partial charge in [-0.2, -0.15) is 0 Å². The molecule has 16 heavy (non-hydrogen) atoms. The SMILES string of the molecule is Cc1cccc2c1=CN(C)NC=2C(=O)C=O. The molecule has 0 unspecified atom stereocenters. The van der Waals surface area contributed by atoms with Crippen LogP contribution in [0.15, 0.2) is 18.2 Å². The number of Topliss-reactive ketones (excluding diaryl/α,β-unsaturated/α-hetero) is 1. The van der Waals surface area contributed by atoms with E-state index in [1.807, 2.05) is 31.3 Å². The van der Waals surface area contributed by atoms with E-state index in [9.17, 15) is 9.59 Å². The van der Waals surface area contributed by atoms with Crippen LogP contribution in [0.3, 0.4) is 0 Å². The lowest BCUT2D eigenvalue weighted by Gasteiger charge is -2.22. The molecule has 1 N–H and O–H groups in total. The Balaban J connectivity index is 2.84. The highest BCUT2D eigenvalue weighted by Gasteiger charge is 2.14. The number of hydrazine groups is 1. The van der Waals surface area contributed by atoms with Gasteiger partial charge >= 0.3 is 0 Å². The second kappa shape index (κ2) is 3.81. The molecule has 0 aliphatic carbocycles. The first-order valence-corrected chi connectivity index (χ1v) is 4.94. The van der Waals surface area contributed by atoms with Gasteiger partial charge in [0.2, 0.25) is 5.78 Å². The van der Waals surface area contributed by atoms with Crippen LogP contribution in [-0.2, 0) is 9.59 Å². The number of aldehydes is 1. The number of aryl methyl sites for hydroxylation is 1. The molecule has 0 fully saturated rings. The highest BCUT2D eigenvalue weighted by atomic mass is 16.2. The summed E-state index contributed by atoms with van der Waals surface area (Å²) in [5.41, 5.74) is 4.27. The summed E-state index contributed by atoms with van der Waals surface area (Å²) in [5.74, 6) is -0.535. The molecule has 0 amide bonds. The topological polar surface area (TPSA) is 49.4 Å². The molecule has 82 valence electrons. The minimum atomic E-state index is -0.535. The lowest BCUT2D eigenvalue weighted by Crippen LogP contribution is -2.47. The minimum Gasteiger partial charge on any atom is -0.297 e. The normalized spacial score (nSPS) is 13.6. The first-order chi connectivity index (χ1) is 7.63. The third kappa shape index (κ3) is 1.58. The summed E-state index contributed by atoms with van der Waals surface area (Å²) in [4.78, 5) is 22.0. The Labute approximate surface area is 92.8 Å². The number of fused-ring (bicyclic) bond motifs is 1. The van der Waals surface area contributed by atoms with Crippen LogP contribution < -0.4 is 15.9 Å². The summed E-state index contributed by atoms with van der Waals surface area (Å²) in [6, 6.07) is 5.67. The number of benzene rings is 1. The molecule has 0 aromatic heterocycles. The van der Waals surface area contributed by atoms with E-state index in [0.717, 1.165) is 16.0 Å². The fourth-order valence-corrected chi connectivity index (χ4v) is 1.78. The van der Waals surface area contributed by atoms with Crippen molar-refractivity contribution in [2.75, 3.05) is 7.05 Å². The Kier molecular flexibility index (Phi) is 2.48. The van der Waals surface area contributed by atoms with Gasteiger partial charge in [-0.3, -0.25) is 20.0 Å². The van der Waals surface area contributed by atoms with Crippen molar-refractivity contribution in [3.63, 3.8) is 0 Å². The Hall–Kier alpha value is -2.10. The third-order valence-electron chi connectivity index (χ3n) is 2.56. The molecule has 1 aliphatic rings. The molecule has 1 aromatic rings. The van der Waals surface area contributed by atoms with Crippen molar-refractivity contribution in [1.29, 1.82) is 0 Å². The van der Waals surface area contributed by atoms with Gasteiger partial charge in [0, 0.05) is 23.7 Å². The van der Waals surface area contributed by atoms with Crippen molar-refractivity contribution in [2.24, 2.45) is 0 Å². The maximum atomic E-state index is 11.5. The van der Waals surface area contributed by atoms with E-state index in [-0.39, 0.29) is 0 Å². The number of rotatable bonds is 2. The zero-order chi connectivity index (χ0) is 11.7. The van der Waals surface area contributed by atoms with Gasteiger partial charge in [-0.1, -0.05) is 18.2 Å². The van der Waals surface area contributed by atoms with Crippen LogP contribution in [0.25, 0.3) is 11.9 Å². The molecule has 4 heteroatoms. The first-order valence-electron chi connectivity index (χ1n) is 4.94. The summed E-state index contributed by atoms with van der Waals surface area (Å²) >= 11 is 0. The summed E-state index contributed by atoms with van der Waals surface area (Å²) in [7, 11) is 1.79. The average Bonchev–Trinajstić information content (AvgIpc) is 2.28. The van der Waals surface area contributed by atoms with Crippen molar-refractivity contribution in [3.05, 3.63) is 34.2 Å². The molecule has 0 bridgehead atoms. The van der Waals surface area contributed by atoms with Crippen molar-refractivity contribution in [2.45, 2.75) is 6.92 Å². The Morgan fingerprint density at radius 3 is 2.88 bits per heavy atom. The van der Waals surface area contributed by atoms with Crippen LogP contribution in [0.4, 0.5) is 0 Å². The second-order valence-electron chi connectivity index (χ2n) is 3.75. The van der Waals surface area contributed by atoms with Crippen molar-refractivity contribution in [1.82, 2.24) is 10.4 Å². The van der Waals surface area contributed by atoms with E-state index in [4.69, 9.17) is 0 Å². The summed E-state index contributed by atoms with van der Waals surface area (Å²) in [6.07, 6.45) is 2.22. The molecular weight excluding hydrogens is 204 g/mol. The maximum absolute atomic E-state index is 11.5. The molecule has 0 radical (unpaired) electrons. The Bertz CT molecular complexity index is 575. The molecule has 4 nitrogen and oxygen atoms in total. The molecule has 0 spiro atoms. The molecule has 2 rings (SSSR count). The van der Waals surface area contributed by atoms with Gasteiger partial charge in [0.25, 0.3) is 0 Å². The number of carbonyl (C=O) groups excluding carboxylic acids is 2. The number of nitrogens with zero attached hydrogens (tertiary/aromatic N) is 1. The van der Waals surface area contributed by atoms with Crippen molar-refractivity contribution >= 4 is 24.0 Å². The van der Waals surface area contributed by atoms with E-state index in [2.05, 4.69) is 5.43 Å². The van der Waals surface area contributed by atoms with Crippen molar-refractivity contribution in [3.8, 4) is 0 Å². The van der Waals surface area contributed by atoms with Crippen LogP contribution in [-0.4, -0.2) is 24.1 Å².